The minimum absolute atomic E-state index is 0.107. The molecule has 1 saturated heterocycles. The molecule has 0 radical (unpaired) electrons. The number of ether oxygens (including phenoxy) is 3. The molecule has 0 aliphatic carbocycles. The van der Waals surface area contributed by atoms with Gasteiger partial charge in [0.05, 0.1) is 18.8 Å². The quantitative estimate of drug-likeness (QED) is 0.395. The number of hydrogen-bond donors (Lipinski definition) is 0. The molecule has 0 unspecified atom stereocenters. The molecular formula is C25H23F5O3. The van der Waals surface area contributed by atoms with Crippen LogP contribution < -0.4 is 0 Å². The SMILES string of the molecule is CCOC1COC(c2ccc3c(F)c(CCc4ccc(C(F)(F)F)c(F)c4)ccc3c2)OC1. The Bertz CT molecular complexity index is 1120. The van der Waals surface area contributed by atoms with Gasteiger partial charge < -0.3 is 14.2 Å². The first-order valence-electron chi connectivity index (χ1n) is 10.7. The minimum atomic E-state index is -4.75. The maximum Gasteiger partial charge on any atom is 0.419 e. The zero-order valence-corrected chi connectivity index (χ0v) is 17.9. The van der Waals surface area contributed by atoms with E-state index >= 15 is 4.39 Å². The highest BCUT2D eigenvalue weighted by Crippen LogP contribution is 2.32. The molecule has 0 saturated carbocycles. The maximum atomic E-state index is 15.1. The molecular weight excluding hydrogens is 443 g/mol. The summed E-state index contributed by atoms with van der Waals surface area (Å²) in [4.78, 5) is 0. The van der Waals surface area contributed by atoms with Crippen molar-refractivity contribution in [2.75, 3.05) is 19.8 Å². The zero-order valence-electron chi connectivity index (χ0n) is 17.9. The molecule has 176 valence electrons. The number of rotatable bonds is 6. The largest absolute Gasteiger partial charge is 0.419 e. The Morgan fingerprint density at radius 1 is 0.939 bits per heavy atom. The van der Waals surface area contributed by atoms with Gasteiger partial charge in [0.15, 0.2) is 6.29 Å². The van der Waals surface area contributed by atoms with Crippen LogP contribution in [-0.2, 0) is 33.2 Å². The number of benzene rings is 3. The van der Waals surface area contributed by atoms with Crippen LogP contribution in [0.4, 0.5) is 22.0 Å². The lowest BCUT2D eigenvalue weighted by atomic mass is 9.98. The van der Waals surface area contributed by atoms with E-state index in [4.69, 9.17) is 14.2 Å². The fourth-order valence-corrected chi connectivity index (χ4v) is 3.93. The van der Waals surface area contributed by atoms with Crippen LogP contribution in [0.1, 0.15) is 35.5 Å². The molecule has 1 aliphatic rings. The summed E-state index contributed by atoms with van der Waals surface area (Å²) in [7, 11) is 0. The van der Waals surface area contributed by atoms with Crippen molar-refractivity contribution >= 4 is 10.8 Å². The van der Waals surface area contributed by atoms with E-state index in [9.17, 15) is 17.6 Å². The van der Waals surface area contributed by atoms with E-state index in [2.05, 4.69) is 0 Å². The standard InChI is InChI=1S/C25H23F5O3/c1-2-31-19-13-32-24(33-14-19)18-8-9-20-17(12-18)7-6-16(23(20)27)5-3-15-4-10-21(22(26)11-15)25(28,29)30/h4,6-12,19,24H,2-3,5,13-14H2,1H3. The highest BCUT2D eigenvalue weighted by Gasteiger charge is 2.33. The van der Waals surface area contributed by atoms with Gasteiger partial charge in [-0.2, -0.15) is 13.2 Å². The van der Waals surface area contributed by atoms with Crippen LogP contribution in [0.15, 0.2) is 48.5 Å². The summed E-state index contributed by atoms with van der Waals surface area (Å²) in [6, 6.07) is 11.4. The fourth-order valence-electron chi connectivity index (χ4n) is 3.93. The van der Waals surface area contributed by atoms with E-state index in [-0.39, 0.29) is 18.9 Å². The molecule has 3 aromatic carbocycles. The van der Waals surface area contributed by atoms with Crippen molar-refractivity contribution in [3.05, 3.63) is 82.4 Å². The second kappa shape index (κ2) is 9.75. The first kappa shape index (κ1) is 23.6. The summed E-state index contributed by atoms with van der Waals surface area (Å²) < 4.78 is 83.9. The number of hydrogen-bond acceptors (Lipinski definition) is 3. The monoisotopic (exact) mass is 466 g/mol. The first-order valence-corrected chi connectivity index (χ1v) is 10.7. The summed E-state index contributed by atoms with van der Waals surface area (Å²) in [6.45, 7) is 3.30. The van der Waals surface area contributed by atoms with Gasteiger partial charge in [0.2, 0.25) is 0 Å². The van der Waals surface area contributed by atoms with Crippen molar-refractivity contribution < 1.29 is 36.2 Å². The van der Waals surface area contributed by atoms with E-state index in [0.717, 1.165) is 17.7 Å². The van der Waals surface area contributed by atoms with Gasteiger partial charge in [-0.15, -0.1) is 0 Å². The van der Waals surface area contributed by atoms with Crippen molar-refractivity contribution in [1.82, 2.24) is 0 Å². The Hall–Kier alpha value is -2.55. The summed E-state index contributed by atoms with van der Waals surface area (Å²) in [5.41, 5.74) is 0.232. The van der Waals surface area contributed by atoms with Crippen molar-refractivity contribution in [3.8, 4) is 0 Å². The fraction of sp³-hybridized carbons (Fsp3) is 0.360. The van der Waals surface area contributed by atoms with Crippen LogP contribution in [0.3, 0.4) is 0 Å². The normalized spacial score (nSPS) is 19.2. The second-order valence-corrected chi connectivity index (χ2v) is 7.91. The lowest BCUT2D eigenvalue weighted by Crippen LogP contribution is -2.33. The summed E-state index contributed by atoms with van der Waals surface area (Å²) in [5.74, 6) is -1.74. The molecule has 0 aromatic heterocycles. The number of halogens is 5. The predicted octanol–water partition coefficient (Wildman–Crippen LogP) is 6.37. The minimum Gasteiger partial charge on any atom is -0.374 e. The van der Waals surface area contributed by atoms with Crippen LogP contribution in [0, 0.1) is 11.6 Å². The Balaban J connectivity index is 1.46. The molecule has 1 fully saturated rings. The smallest absolute Gasteiger partial charge is 0.374 e. The molecule has 1 heterocycles. The highest BCUT2D eigenvalue weighted by atomic mass is 19.4. The van der Waals surface area contributed by atoms with Gasteiger partial charge in [-0.05, 0) is 54.5 Å². The number of fused-ring (bicyclic) bond motifs is 1. The number of alkyl halides is 3. The molecule has 33 heavy (non-hydrogen) atoms. The van der Waals surface area contributed by atoms with Gasteiger partial charge in [-0.1, -0.05) is 30.3 Å². The molecule has 0 spiro atoms. The molecule has 0 amide bonds. The summed E-state index contributed by atoms with van der Waals surface area (Å²) in [5, 5.41) is 1.09. The predicted molar refractivity (Wildman–Crippen MR) is 113 cm³/mol. The van der Waals surface area contributed by atoms with E-state index in [1.165, 1.54) is 6.07 Å². The summed E-state index contributed by atoms with van der Waals surface area (Å²) in [6.07, 6.45) is -4.97. The Labute approximate surface area is 188 Å². The third-order valence-electron chi connectivity index (χ3n) is 5.62. The van der Waals surface area contributed by atoms with Gasteiger partial charge in [-0.3, -0.25) is 0 Å². The third kappa shape index (κ3) is 5.34. The van der Waals surface area contributed by atoms with Gasteiger partial charge in [0.25, 0.3) is 0 Å². The average Bonchev–Trinajstić information content (AvgIpc) is 2.78. The van der Waals surface area contributed by atoms with Crippen molar-refractivity contribution in [1.29, 1.82) is 0 Å². The topological polar surface area (TPSA) is 27.7 Å². The van der Waals surface area contributed by atoms with Crippen LogP contribution in [0.2, 0.25) is 0 Å². The van der Waals surface area contributed by atoms with Crippen LogP contribution >= 0.6 is 0 Å². The molecule has 3 nitrogen and oxygen atoms in total. The lowest BCUT2D eigenvalue weighted by Gasteiger charge is -2.29. The lowest BCUT2D eigenvalue weighted by molar-refractivity contribution is -0.229. The van der Waals surface area contributed by atoms with Gasteiger partial charge >= 0.3 is 6.18 Å². The van der Waals surface area contributed by atoms with E-state index < -0.39 is 29.7 Å². The van der Waals surface area contributed by atoms with Crippen molar-refractivity contribution in [3.63, 3.8) is 0 Å². The molecule has 0 N–H and O–H groups in total. The third-order valence-corrected chi connectivity index (χ3v) is 5.62. The van der Waals surface area contributed by atoms with Crippen LogP contribution in [0.25, 0.3) is 10.8 Å². The maximum absolute atomic E-state index is 15.1. The van der Waals surface area contributed by atoms with Crippen LogP contribution in [-0.4, -0.2) is 25.9 Å². The Kier molecular flexibility index (Phi) is 6.97. The first-order chi connectivity index (χ1) is 15.8. The molecule has 4 rings (SSSR count). The summed E-state index contributed by atoms with van der Waals surface area (Å²) >= 11 is 0. The molecule has 8 heteroatoms. The number of aryl methyl sites for hydroxylation is 2. The Morgan fingerprint density at radius 2 is 1.70 bits per heavy atom. The highest BCUT2D eigenvalue weighted by molar-refractivity contribution is 5.84. The van der Waals surface area contributed by atoms with Crippen LogP contribution in [0.5, 0.6) is 0 Å². The van der Waals surface area contributed by atoms with Crippen molar-refractivity contribution in [2.24, 2.45) is 0 Å². The molecule has 0 atom stereocenters. The average molecular weight is 466 g/mol. The second-order valence-electron chi connectivity index (χ2n) is 7.91. The van der Waals surface area contributed by atoms with Gasteiger partial charge in [0, 0.05) is 17.6 Å². The van der Waals surface area contributed by atoms with Gasteiger partial charge in [-0.25, -0.2) is 8.78 Å². The molecule has 1 aliphatic heterocycles. The Morgan fingerprint density at radius 3 is 2.36 bits per heavy atom. The van der Waals surface area contributed by atoms with E-state index in [1.807, 2.05) is 6.92 Å². The molecule has 3 aromatic rings. The van der Waals surface area contributed by atoms with Crippen molar-refractivity contribution in [2.45, 2.75) is 38.3 Å². The van der Waals surface area contributed by atoms with E-state index in [0.29, 0.717) is 41.7 Å². The van der Waals surface area contributed by atoms with E-state index in [1.54, 1.807) is 30.3 Å². The zero-order chi connectivity index (χ0) is 23.6. The molecule has 0 bridgehead atoms. The van der Waals surface area contributed by atoms with Gasteiger partial charge in [0.1, 0.15) is 17.7 Å².